The molecule has 0 radical (unpaired) electrons. The van der Waals surface area contributed by atoms with Gasteiger partial charge in [0.1, 0.15) is 0 Å². The lowest BCUT2D eigenvalue weighted by Gasteiger charge is -2.10. The number of carbonyl (C=O) groups excluding carboxylic acids is 1. The molecule has 0 aliphatic carbocycles. The number of amides is 2. The molecule has 0 aliphatic heterocycles. The molecule has 72 valence electrons. The average Bonchev–Trinajstić information content (AvgIpc) is 2.00. The number of nitrogens with zero attached hydrogens (tertiary/aromatic N) is 1. The first-order chi connectivity index (χ1) is 5.66. The Bertz CT molecular complexity index is 127. The number of urea groups is 1. The second-order valence-corrected chi connectivity index (χ2v) is 2.77. The molecule has 0 aromatic carbocycles. The van der Waals surface area contributed by atoms with Crippen LogP contribution in [0.5, 0.6) is 0 Å². The molecular formula is C7H18N4O. The third-order valence-corrected chi connectivity index (χ3v) is 1.27. The molecule has 0 aromatic rings. The van der Waals surface area contributed by atoms with E-state index in [1.165, 1.54) is 0 Å². The van der Waals surface area contributed by atoms with E-state index < -0.39 is 0 Å². The molecule has 0 bridgehead atoms. The van der Waals surface area contributed by atoms with Gasteiger partial charge in [-0.2, -0.15) is 0 Å². The highest BCUT2D eigenvalue weighted by Gasteiger charge is 1.96. The molecule has 0 rings (SSSR count). The van der Waals surface area contributed by atoms with Crippen LogP contribution in [0.15, 0.2) is 0 Å². The van der Waals surface area contributed by atoms with Gasteiger partial charge in [-0.1, -0.05) is 0 Å². The summed E-state index contributed by atoms with van der Waals surface area (Å²) in [7, 11) is 3.92. The Balaban J connectivity index is 3.20. The van der Waals surface area contributed by atoms with Crippen LogP contribution in [0.4, 0.5) is 4.79 Å². The van der Waals surface area contributed by atoms with E-state index in [4.69, 9.17) is 5.73 Å². The second-order valence-electron chi connectivity index (χ2n) is 2.77. The fraction of sp³-hybridized carbons (Fsp3) is 0.857. The number of hydrogen-bond acceptors (Lipinski definition) is 3. The van der Waals surface area contributed by atoms with Crippen molar-refractivity contribution in [2.45, 2.75) is 0 Å². The molecule has 12 heavy (non-hydrogen) atoms. The van der Waals surface area contributed by atoms with Gasteiger partial charge >= 0.3 is 6.03 Å². The highest BCUT2D eigenvalue weighted by atomic mass is 16.2. The molecule has 0 aromatic heterocycles. The third-order valence-electron chi connectivity index (χ3n) is 1.27. The summed E-state index contributed by atoms with van der Waals surface area (Å²) in [4.78, 5) is 12.9. The fourth-order valence-corrected chi connectivity index (χ4v) is 0.641. The van der Waals surface area contributed by atoms with Crippen molar-refractivity contribution in [1.29, 1.82) is 0 Å². The number of rotatable bonds is 5. The topological polar surface area (TPSA) is 70.4 Å². The summed E-state index contributed by atoms with van der Waals surface area (Å²) in [6.45, 7) is 2.49. The summed E-state index contributed by atoms with van der Waals surface area (Å²) < 4.78 is 0. The SMILES string of the molecule is CN(C)CCNC(=O)NCCN. The van der Waals surface area contributed by atoms with Crippen LogP contribution in [0, 0.1) is 0 Å². The Kier molecular flexibility index (Phi) is 6.41. The monoisotopic (exact) mass is 174 g/mol. The molecule has 5 heteroatoms. The Morgan fingerprint density at radius 2 is 1.92 bits per heavy atom. The van der Waals surface area contributed by atoms with Crippen molar-refractivity contribution >= 4 is 6.03 Å². The molecule has 0 aliphatic rings. The lowest BCUT2D eigenvalue weighted by Crippen LogP contribution is -2.40. The minimum absolute atomic E-state index is 0.151. The van der Waals surface area contributed by atoms with Crippen molar-refractivity contribution in [2.75, 3.05) is 40.3 Å². The fourth-order valence-electron chi connectivity index (χ4n) is 0.641. The highest BCUT2D eigenvalue weighted by Crippen LogP contribution is 1.70. The van der Waals surface area contributed by atoms with E-state index in [1.54, 1.807) is 0 Å². The van der Waals surface area contributed by atoms with Crippen LogP contribution in [-0.2, 0) is 0 Å². The minimum atomic E-state index is -0.151. The number of hydrogen-bond donors (Lipinski definition) is 3. The van der Waals surface area contributed by atoms with Crippen LogP contribution in [0.25, 0.3) is 0 Å². The molecule has 0 atom stereocenters. The molecular weight excluding hydrogens is 156 g/mol. The predicted octanol–water partition coefficient (Wildman–Crippen LogP) is -1.19. The molecule has 0 saturated heterocycles. The maximum Gasteiger partial charge on any atom is 0.314 e. The third kappa shape index (κ3) is 7.30. The Morgan fingerprint density at radius 1 is 1.33 bits per heavy atom. The van der Waals surface area contributed by atoms with Gasteiger partial charge in [0.05, 0.1) is 0 Å². The van der Waals surface area contributed by atoms with Gasteiger partial charge < -0.3 is 21.3 Å². The van der Waals surface area contributed by atoms with Crippen LogP contribution in [0.1, 0.15) is 0 Å². The summed E-state index contributed by atoms with van der Waals surface area (Å²) in [5, 5.41) is 5.31. The predicted molar refractivity (Wildman–Crippen MR) is 49.0 cm³/mol. The first-order valence-electron chi connectivity index (χ1n) is 4.03. The Hall–Kier alpha value is -0.810. The molecule has 0 saturated carbocycles. The van der Waals surface area contributed by atoms with Crippen molar-refractivity contribution in [3.05, 3.63) is 0 Å². The lowest BCUT2D eigenvalue weighted by atomic mass is 10.5. The Morgan fingerprint density at radius 3 is 2.42 bits per heavy atom. The standard InChI is InChI=1S/C7H18N4O/c1-11(2)6-5-10-7(12)9-4-3-8/h3-6,8H2,1-2H3,(H2,9,10,12). The normalized spacial score (nSPS) is 10.0. The zero-order valence-electron chi connectivity index (χ0n) is 7.76. The smallest absolute Gasteiger partial charge is 0.314 e. The first kappa shape index (κ1) is 11.2. The Labute approximate surface area is 73.3 Å². The van der Waals surface area contributed by atoms with Gasteiger partial charge in [-0.05, 0) is 14.1 Å². The van der Waals surface area contributed by atoms with E-state index in [1.807, 2.05) is 19.0 Å². The van der Waals surface area contributed by atoms with Gasteiger partial charge in [-0.25, -0.2) is 4.79 Å². The molecule has 0 fully saturated rings. The van der Waals surface area contributed by atoms with E-state index in [2.05, 4.69) is 10.6 Å². The second kappa shape index (κ2) is 6.87. The van der Waals surface area contributed by atoms with Gasteiger partial charge in [-0.15, -0.1) is 0 Å². The number of likely N-dealkylation sites (N-methyl/N-ethyl adjacent to an activating group) is 1. The van der Waals surface area contributed by atoms with Crippen LogP contribution in [0.2, 0.25) is 0 Å². The zero-order valence-corrected chi connectivity index (χ0v) is 7.76. The molecule has 2 amide bonds. The van der Waals surface area contributed by atoms with Crippen LogP contribution in [0.3, 0.4) is 0 Å². The van der Waals surface area contributed by atoms with Crippen molar-refractivity contribution < 1.29 is 4.79 Å². The van der Waals surface area contributed by atoms with Crippen molar-refractivity contribution in [3.8, 4) is 0 Å². The van der Waals surface area contributed by atoms with Gasteiger partial charge in [-0.3, -0.25) is 0 Å². The van der Waals surface area contributed by atoms with E-state index in [-0.39, 0.29) is 6.03 Å². The molecule has 0 spiro atoms. The quantitative estimate of drug-likeness (QED) is 0.490. The van der Waals surface area contributed by atoms with Gasteiger partial charge in [0.15, 0.2) is 0 Å². The zero-order chi connectivity index (χ0) is 9.40. The highest BCUT2D eigenvalue weighted by molar-refractivity contribution is 5.73. The van der Waals surface area contributed by atoms with E-state index in [9.17, 15) is 4.79 Å². The van der Waals surface area contributed by atoms with Gasteiger partial charge in [0.25, 0.3) is 0 Å². The first-order valence-corrected chi connectivity index (χ1v) is 4.03. The maximum atomic E-state index is 10.9. The van der Waals surface area contributed by atoms with Crippen molar-refractivity contribution in [2.24, 2.45) is 5.73 Å². The van der Waals surface area contributed by atoms with Gasteiger partial charge in [0, 0.05) is 26.2 Å². The summed E-state index contributed by atoms with van der Waals surface area (Å²) in [6, 6.07) is -0.151. The lowest BCUT2D eigenvalue weighted by molar-refractivity contribution is 0.240. The summed E-state index contributed by atoms with van der Waals surface area (Å²) in [5.41, 5.74) is 5.20. The van der Waals surface area contributed by atoms with E-state index in [0.29, 0.717) is 19.6 Å². The molecule has 0 unspecified atom stereocenters. The van der Waals surface area contributed by atoms with Crippen LogP contribution < -0.4 is 16.4 Å². The van der Waals surface area contributed by atoms with Gasteiger partial charge in [0.2, 0.25) is 0 Å². The molecule has 0 heterocycles. The summed E-state index contributed by atoms with van der Waals surface area (Å²) in [5.74, 6) is 0. The minimum Gasteiger partial charge on any atom is -0.337 e. The van der Waals surface area contributed by atoms with E-state index >= 15 is 0 Å². The number of nitrogens with one attached hydrogen (secondary N) is 2. The summed E-state index contributed by atoms with van der Waals surface area (Å²) in [6.07, 6.45) is 0. The molecule has 4 N–H and O–H groups in total. The van der Waals surface area contributed by atoms with Crippen LogP contribution in [-0.4, -0.2) is 51.2 Å². The molecule has 5 nitrogen and oxygen atoms in total. The maximum absolute atomic E-state index is 10.9. The average molecular weight is 174 g/mol. The summed E-state index contributed by atoms with van der Waals surface area (Å²) >= 11 is 0. The number of carbonyl (C=O) groups is 1. The number of nitrogens with two attached hydrogens (primary N) is 1. The van der Waals surface area contributed by atoms with Crippen molar-refractivity contribution in [1.82, 2.24) is 15.5 Å². The van der Waals surface area contributed by atoms with Crippen LogP contribution >= 0.6 is 0 Å². The van der Waals surface area contributed by atoms with E-state index in [0.717, 1.165) is 6.54 Å². The van der Waals surface area contributed by atoms with Crippen molar-refractivity contribution in [3.63, 3.8) is 0 Å². The largest absolute Gasteiger partial charge is 0.337 e.